The number of fused-ring (bicyclic) bond motifs is 1. The van der Waals surface area contributed by atoms with Crippen LogP contribution in [0.5, 0.6) is 0 Å². The molecule has 1 N–H and O–H groups in total. The number of likely N-dealkylation sites (N-methyl/N-ethyl adjacent to an activating group) is 1. The van der Waals surface area contributed by atoms with Gasteiger partial charge in [-0.25, -0.2) is 9.97 Å². The van der Waals surface area contributed by atoms with Crippen molar-refractivity contribution in [1.29, 1.82) is 0 Å². The molecule has 0 amide bonds. The maximum atomic E-state index is 4.40. The van der Waals surface area contributed by atoms with Gasteiger partial charge < -0.3 is 5.32 Å². The van der Waals surface area contributed by atoms with Crippen molar-refractivity contribution < 1.29 is 0 Å². The summed E-state index contributed by atoms with van der Waals surface area (Å²) in [5.74, 6) is 0.605. The number of aromatic nitrogens is 2. The van der Waals surface area contributed by atoms with Crippen LogP contribution in [0.4, 0.5) is 0 Å². The van der Waals surface area contributed by atoms with E-state index in [1.54, 1.807) is 17.7 Å². The quantitative estimate of drug-likeness (QED) is 0.884. The summed E-state index contributed by atoms with van der Waals surface area (Å²) >= 11 is 1.67. The molecule has 86 valence electrons. The summed E-state index contributed by atoms with van der Waals surface area (Å²) in [7, 11) is 2.01. The Morgan fingerprint density at radius 3 is 2.88 bits per heavy atom. The molecule has 16 heavy (non-hydrogen) atoms. The average molecular weight is 235 g/mol. The SMILES string of the molecule is CNC(Cc1ncnc2sccc12)C(C)C. The lowest BCUT2D eigenvalue weighted by Crippen LogP contribution is -2.33. The van der Waals surface area contributed by atoms with Crippen molar-refractivity contribution in [2.45, 2.75) is 26.3 Å². The number of rotatable bonds is 4. The molecule has 2 rings (SSSR count). The standard InChI is InChI=1S/C12H17N3S/c1-8(2)10(13-3)6-11-9-4-5-16-12(9)15-7-14-11/h4-5,7-8,10,13H,6H2,1-3H3. The van der Waals surface area contributed by atoms with Gasteiger partial charge in [-0.3, -0.25) is 0 Å². The van der Waals surface area contributed by atoms with Crippen molar-refractivity contribution >= 4 is 21.6 Å². The van der Waals surface area contributed by atoms with Crippen molar-refractivity contribution in [2.75, 3.05) is 7.05 Å². The van der Waals surface area contributed by atoms with E-state index in [1.807, 2.05) is 7.05 Å². The Balaban J connectivity index is 2.29. The third-order valence-electron chi connectivity index (χ3n) is 2.93. The molecule has 0 aliphatic heterocycles. The molecule has 0 aliphatic carbocycles. The zero-order valence-corrected chi connectivity index (χ0v) is 10.7. The van der Waals surface area contributed by atoms with Crippen LogP contribution >= 0.6 is 11.3 Å². The molecule has 2 heterocycles. The van der Waals surface area contributed by atoms with Gasteiger partial charge in [0.1, 0.15) is 11.2 Å². The van der Waals surface area contributed by atoms with Crippen LogP contribution in [0.1, 0.15) is 19.5 Å². The summed E-state index contributed by atoms with van der Waals surface area (Å²) < 4.78 is 0. The fourth-order valence-corrected chi connectivity index (χ4v) is 2.64. The smallest absolute Gasteiger partial charge is 0.126 e. The third-order valence-corrected chi connectivity index (χ3v) is 3.75. The first kappa shape index (κ1) is 11.5. The molecule has 3 nitrogen and oxygen atoms in total. The number of hydrogen-bond acceptors (Lipinski definition) is 4. The van der Waals surface area contributed by atoms with Crippen LogP contribution in [0.25, 0.3) is 10.2 Å². The van der Waals surface area contributed by atoms with E-state index in [1.165, 1.54) is 5.39 Å². The van der Waals surface area contributed by atoms with Crippen LogP contribution in [0.2, 0.25) is 0 Å². The predicted octanol–water partition coefficient (Wildman–Crippen LogP) is 2.48. The minimum atomic E-state index is 0.470. The van der Waals surface area contributed by atoms with Gasteiger partial charge in [0.05, 0.1) is 5.69 Å². The normalized spacial score (nSPS) is 13.5. The minimum absolute atomic E-state index is 0.470. The first-order valence-corrected chi connectivity index (χ1v) is 6.44. The van der Waals surface area contributed by atoms with Gasteiger partial charge in [-0.05, 0) is 24.4 Å². The van der Waals surface area contributed by atoms with Crippen LogP contribution in [0, 0.1) is 5.92 Å². The Labute approximate surface area is 99.9 Å². The Morgan fingerprint density at radius 2 is 2.19 bits per heavy atom. The number of thiophene rings is 1. The Hall–Kier alpha value is -1.00. The Kier molecular flexibility index (Phi) is 3.51. The lowest BCUT2D eigenvalue weighted by molar-refractivity contribution is 0.422. The largest absolute Gasteiger partial charge is 0.316 e. The summed E-state index contributed by atoms with van der Waals surface area (Å²) in [5.41, 5.74) is 1.15. The first-order valence-electron chi connectivity index (χ1n) is 5.56. The predicted molar refractivity (Wildman–Crippen MR) is 68.8 cm³/mol. The fourth-order valence-electron chi connectivity index (χ4n) is 1.88. The molecule has 0 saturated carbocycles. The van der Waals surface area contributed by atoms with E-state index in [0.717, 1.165) is 16.9 Å². The van der Waals surface area contributed by atoms with E-state index >= 15 is 0 Å². The Morgan fingerprint density at radius 1 is 1.38 bits per heavy atom. The highest BCUT2D eigenvalue weighted by Crippen LogP contribution is 2.22. The summed E-state index contributed by atoms with van der Waals surface area (Å²) in [6, 6.07) is 2.58. The molecule has 1 atom stereocenters. The second-order valence-electron chi connectivity index (χ2n) is 4.30. The monoisotopic (exact) mass is 235 g/mol. The van der Waals surface area contributed by atoms with Crippen LogP contribution in [0.15, 0.2) is 17.8 Å². The lowest BCUT2D eigenvalue weighted by atomic mass is 9.98. The summed E-state index contributed by atoms with van der Waals surface area (Å²) in [4.78, 5) is 9.76. The van der Waals surface area contributed by atoms with E-state index in [2.05, 4.69) is 40.6 Å². The highest BCUT2D eigenvalue weighted by atomic mass is 32.1. The highest BCUT2D eigenvalue weighted by Gasteiger charge is 2.14. The van der Waals surface area contributed by atoms with Gasteiger partial charge >= 0.3 is 0 Å². The average Bonchev–Trinajstić information content (AvgIpc) is 2.73. The molecule has 0 aromatic carbocycles. The molecule has 4 heteroatoms. The van der Waals surface area contributed by atoms with Gasteiger partial charge in [-0.2, -0.15) is 0 Å². The topological polar surface area (TPSA) is 37.8 Å². The first-order chi connectivity index (χ1) is 7.72. The van der Waals surface area contributed by atoms with E-state index in [4.69, 9.17) is 0 Å². The zero-order chi connectivity index (χ0) is 11.5. The van der Waals surface area contributed by atoms with E-state index < -0.39 is 0 Å². The number of nitrogens with one attached hydrogen (secondary N) is 1. The molecular weight excluding hydrogens is 218 g/mol. The minimum Gasteiger partial charge on any atom is -0.316 e. The molecule has 2 aromatic heterocycles. The molecule has 0 spiro atoms. The van der Waals surface area contributed by atoms with Crippen LogP contribution in [-0.2, 0) is 6.42 Å². The number of nitrogens with zero attached hydrogens (tertiary/aromatic N) is 2. The molecule has 1 unspecified atom stereocenters. The van der Waals surface area contributed by atoms with E-state index in [9.17, 15) is 0 Å². The molecule has 2 aromatic rings. The fraction of sp³-hybridized carbons (Fsp3) is 0.500. The van der Waals surface area contributed by atoms with Gasteiger partial charge in [0, 0.05) is 17.8 Å². The Bertz CT molecular complexity index is 464. The van der Waals surface area contributed by atoms with E-state index in [-0.39, 0.29) is 0 Å². The molecule has 0 radical (unpaired) electrons. The van der Waals surface area contributed by atoms with Crippen LogP contribution < -0.4 is 5.32 Å². The lowest BCUT2D eigenvalue weighted by Gasteiger charge is -2.19. The molecule has 0 fully saturated rings. The second-order valence-corrected chi connectivity index (χ2v) is 5.20. The van der Waals surface area contributed by atoms with Gasteiger partial charge in [-0.1, -0.05) is 13.8 Å². The van der Waals surface area contributed by atoms with Crippen molar-refractivity contribution in [3.8, 4) is 0 Å². The molecule has 0 saturated heterocycles. The third kappa shape index (κ3) is 2.23. The van der Waals surface area contributed by atoms with Crippen LogP contribution in [0.3, 0.4) is 0 Å². The van der Waals surface area contributed by atoms with Gasteiger partial charge in [-0.15, -0.1) is 11.3 Å². The molecule has 0 bridgehead atoms. The van der Waals surface area contributed by atoms with Gasteiger partial charge in [0.25, 0.3) is 0 Å². The summed E-state index contributed by atoms with van der Waals surface area (Å²) in [6.45, 7) is 4.46. The van der Waals surface area contributed by atoms with Crippen molar-refractivity contribution in [1.82, 2.24) is 15.3 Å². The summed E-state index contributed by atoms with van der Waals surface area (Å²) in [5, 5.41) is 6.63. The van der Waals surface area contributed by atoms with Gasteiger partial charge in [0.2, 0.25) is 0 Å². The van der Waals surface area contributed by atoms with Gasteiger partial charge in [0.15, 0.2) is 0 Å². The maximum absolute atomic E-state index is 4.40. The van der Waals surface area contributed by atoms with Crippen molar-refractivity contribution in [3.05, 3.63) is 23.5 Å². The zero-order valence-electron chi connectivity index (χ0n) is 9.90. The molecule has 0 aliphatic rings. The summed E-state index contributed by atoms with van der Waals surface area (Å²) in [6.07, 6.45) is 2.63. The van der Waals surface area contributed by atoms with Crippen molar-refractivity contribution in [2.24, 2.45) is 5.92 Å². The van der Waals surface area contributed by atoms with Crippen molar-refractivity contribution in [3.63, 3.8) is 0 Å². The maximum Gasteiger partial charge on any atom is 0.126 e. The highest BCUT2D eigenvalue weighted by molar-refractivity contribution is 7.16. The van der Waals surface area contributed by atoms with Crippen LogP contribution in [-0.4, -0.2) is 23.1 Å². The molecular formula is C12H17N3S. The number of hydrogen-bond donors (Lipinski definition) is 1. The van der Waals surface area contributed by atoms with E-state index in [0.29, 0.717) is 12.0 Å². The second kappa shape index (κ2) is 4.89.